The molecular formula is C18H20BrN3O4. The van der Waals surface area contributed by atoms with Crippen LogP contribution >= 0.6 is 15.9 Å². The van der Waals surface area contributed by atoms with E-state index in [1.807, 2.05) is 32.0 Å². The lowest BCUT2D eigenvalue weighted by atomic mass is 10.1. The van der Waals surface area contributed by atoms with Crippen molar-refractivity contribution in [2.75, 3.05) is 25.5 Å². The van der Waals surface area contributed by atoms with Crippen LogP contribution < -0.4 is 10.6 Å². The SMILES string of the molecule is Cc1cccc(NC(=O)CN(C)C(=O)CNC(=O)c2ccc(Br)o2)c1C. The van der Waals surface area contributed by atoms with E-state index in [1.54, 1.807) is 6.07 Å². The number of hydrogen-bond acceptors (Lipinski definition) is 4. The topological polar surface area (TPSA) is 91.7 Å². The molecule has 0 fully saturated rings. The van der Waals surface area contributed by atoms with Gasteiger partial charge in [-0.15, -0.1) is 0 Å². The van der Waals surface area contributed by atoms with Gasteiger partial charge in [-0.25, -0.2) is 0 Å². The zero-order chi connectivity index (χ0) is 19.3. The highest BCUT2D eigenvalue weighted by atomic mass is 79.9. The molecule has 0 aliphatic rings. The van der Waals surface area contributed by atoms with Gasteiger partial charge in [0.2, 0.25) is 11.8 Å². The van der Waals surface area contributed by atoms with Crippen molar-refractivity contribution in [1.29, 1.82) is 0 Å². The molecule has 26 heavy (non-hydrogen) atoms. The fourth-order valence-electron chi connectivity index (χ4n) is 2.19. The molecule has 0 unspecified atom stereocenters. The summed E-state index contributed by atoms with van der Waals surface area (Å²) < 4.78 is 5.53. The molecule has 2 N–H and O–H groups in total. The van der Waals surface area contributed by atoms with Gasteiger partial charge in [0.25, 0.3) is 5.91 Å². The standard InChI is InChI=1S/C18H20BrN3O4/c1-11-5-4-6-13(12(11)2)21-16(23)10-22(3)17(24)9-20-18(25)14-7-8-15(19)26-14/h4-8H,9-10H2,1-3H3,(H,20,25)(H,21,23). The first kappa shape index (κ1) is 19.7. The molecule has 1 heterocycles. The number of rotatable bonds is 6. The first-order chi connectivity index (χ1) is 12.3. The smallest absolute Gasteiger partial charge is 0.287 e. The molecule has 0 bridgehead atoms. The Morgan fingerprint density at radius 3 is 2.54 bits per heavy atom. The van der Waals surface area contributed by atoms with E-state index in [-0.39, 0.29) is 30.7 Å². The highest BCUT2D eigenvalue weighted by molar-refractivity contribution is 9.10. The third-order valence-corrected chi connectivity index (χ3v) is 4.31. The Morgan fingerprint density at radius 2 is 1.88 bits per heavy atom. The number of halogens is 1. The first-order valence-corrected chi connectivity index (χ1v) is 8.71. The summed E-state index contributed by atoms with van der Waals surface area (Å²) in [6.45, 7) is 3.53. The summed E-state index contributed by atoms with van der Waals surface area (Å²) in [5, 5.41) is 5.25. The van der Waals surface area contributed by atoms with Gasteiger partial charge >= 0.3 is 0 Å². The van der Waals surface area contributed by atoms with Crippen LogP contribution in [-0.2, 0) is 9.59 Å². The first-order valence-electron chi connectivity index (χ1n) is 7.91. The number of nitrogens with zero attached hydrogens (tertiary/aromatic N) is 1. The zero-order valence-corrected chi connectivity index (χ0v) is 16.3. The van der Waals surface area contributed by atoms with Gasteiger partial charge in [0.1, 0.15) is 0 Å². The zero-order valence-electron chi connectivity index (χ0n) is 14.8. The van der Waals surface area contributed by atoms with Crippen LogP contribution in [0.25, 0.3) is 0 Å². The van der Waals surface area contributed by atoms with Crippen LogP contribution in [0.4, 0.5) is 5.69 Å². The molecular weight excluding hydrogens is 402 g/mol. The molecule has 1 aromatic carbocycles. The Hall–Kier alpha value is -2.61. The maximum Gasteiger partial charge on any atom is 0.287 e. The van der Waals surface area contributed by atoms with Gasteiger partial charge < -0.3 is 20.0 Å². The molecule has 3 amide bonds. The lowest BCUT2D eigenvalue weighted by molar-refractivity contribution is -0.132. The minimum Gasteiger partial charge on any atom is -0.444 e. The molecule has 8 heteroatoms. The molecule has 0 saturated carbocycles. The molecule has 2 rings (SSSR count). The fraction of sp³-hybridized carbons (Fsp3) is 0.278. The van der Waals surface area contributed by atoms with Crippen molar-refractivity contribution in [3.8, 4) is 0 Å². The van der Waals surface area contributed by atoms with Gasteiger partial charge in [-0.2, -0.15) is 0 Å². The van der Waals surface area contributed by atoms with Gasteiger partial charge in [0.15, 0.2) is 10.4 Å². The number of carbonyl (C=O) groups excluding carboxylic acids is 3. The predicted octanol–water partition coefficient (Wildman–Crippen LogP) is 2.49. The van der Waals surface area contributed by atoms with Crippen LogP contribution in [0.5, 0.6) is 0 Å². The van der Waals surface area contributed by atoms with Crippen molar-refractivity contribution >= 4 is 39.3 Å². The summed E-state index contributed by atoms with van der Waals surface area (Å²) in [4.78, 5) is 37.3. The Balaban J connectivity index is 1.83. The largest absolute Gasteiger partial charge is 0.444 e. The Kier molecular flexibility index (Phi) is 6.57. The van der Waals surface area contributed by atoms with E-state index >= 15 is 0 Å². The molecule has 2 aromatic rings. The number of likely N-dealkylation sites (N-methyl/N-ethyl adjacent to an activating group) is 1. The third-order valence-electron chi connectivity index (χ3n) is 3.88. The maximum atomic E-state index is 12.1. The molecule has 0 spiro atoms. The molecule has 0 saturated heterocycles. The second kappa shape index (κ2) is 8.66. The molecule has 1 aromatic heterocycles. The van der Waals surface area contributed by atoms with Crippen molar-refractivity contribution in [2.45, 2.75) is 13.8 Å². The maximum absolute atomic E-state index is 12.1. The highest BCUT2D eigenvalue weighted by Gasteiger charge is 2.16. The van der Waals surface area contributed by atoms with Crippen molar-refractivity contribution in [3.63, 3.8) is 0 Å². The summed E-state index contributed by atoms with van der Waals surface area (Å²) in [7, 11) is 1.50. The van der Waals surface area contributed by atoms with E-state index in [0.717, 1.165) is 11.1 Å². The fourth-order valence-corrected chi connectivity index (χ4v) is 2.50. The number of hydrogen-bond donors (Lipinski definition) is 2. The van der Waals surface area contributed by atoms with Crippen LogP contribution in [0.1, 0.15) is 21.7 Å². The number of anilines is 1. The van der Waals surface area contributed by atoms with Crippen LogP contribution in [0.3, 0.4) is 0 Å². The van der Waals surface area contributed by atoms with Crippen LogP contribution in [0.2, 0.25) is 0 Å². The Bertz CT molecular complexity index is 832. The highest BCUT2D eigenvalue weighted by Crippen LogP contribution is 2.17. The number of carbonyl (C=O) groups is 3. The summed E-state index contributed by atoms with van der Waals surface area (Å²) in [5.74, 6) is -1.10. The van der Waals surface area contributed by atoms with E-state index in [2.05, 4.69) is 26.6 Å². The monoisotopic (exact) mass is 421 g/mol. The van der Waals surface area contributed by atoms with Gasteiger partial charge in [0, 0.05) is 12.7 Å². The molecule has 138 valence electrons. The van der Waals surface area contributed by atoms with E-state index in [4.69, 9.17) is 4.42 Å². The lowest BCUT2D eigenvalue weighted by Crippen LogP contribution is -2.41. The van der Waals surface area contributed by atoms with E-state index < -0.39 is 5.91 Å². The van der Waals surface area contributed by atoms with Crippen molar-refractivity contribution < 1.29 is 18.8 Å². The van der Waals surface area contributed by atoms with E-state index in [1.165, 1.54) is 18.0 Å². The van der Waals surface area contributed by atoms with E-state index in [0.29, 0.717) is 10.4 Å². The number of benzene rings is 1. The number of nitrogens with one attached hydrogen (secondary N) is 2. The van der Waals surface area contributed by atoms with Crippen LogP contribution in [0, 0.1) is 13.8 Å². The second-order valence-corrected chi connectivity index (χ2v) is 6.61. The molecule has 0 atom stereocenters. The minimum absolute atomic E-state index is 0.0972. The number of amides is 3. The predicted molar refractivity (Wildman–Crippen MR) is 101 cm³/mol. The molecule has 0 aliphatic heterocycles. The van der Waals surface area contributed by atoms with Gasteiger partial charge in [0.05, 0.1) is 13.1 Å². The van der Waals surface area contributed by atoms with E-state index in [9.17, 15) is 14.4 Å². The van der Waals surface area contributed by atoms with Crippen molar-refractivity contribution in [1.82, 2.24) is 10.2 Å². The summed E-state index contributed by atoms with van der Waals surface area (Å²) >= 11 is 3.10. The average molecular weight is 422 g/mol. The van der Waals surface area contributed by atoms with Gasteiger partial charge in [-0.1, -0.05) is 12.1 Å². The van der Waals surface area contributed by atoms with Gasteiger partial charge in [-0.3, -0.25) is 14.4 Å². The van der Waals surface area contributed by atoms with Crippen LogP contribution in [0.15, 0.2) is 39.4 Å². The molecule has 0 radical (unpaired) electrons. The molecule has 7 nitrogen and oxygen atoms in total. The number of aryl methyl sites for hydroxylation is 1. The van der Waals surface area contributed by atoms with Crippen molar-refractivity contribution in [3.05, 3.63) is 51.9 Å². The second-order valence-electron chi connectivity index (χ2n) is 5.83. The summed E-state index contributed by atoms with van der Waals surface area (Å²) in [5.41, 5.74) is 2.76. The number of furan rings is 1. The lowest BCUT2D eigenvalue weighted by Gasteiger charge is -2.18. The summed E-state index contributed by atoms with van der Waals surface area (Å²) in [6, 6.07) is 8.70. The average Bonchev–Trinajstić information content (AvgIpc) is 3.03. The third kappa shape index (κ3) is 5.19. The normalized spacial score (nSPS) is 10.3. The molecule has 0 aliphatic carbocycles. The Morgan fingerprint density at radius 1 is 1.15 bits per heavy atom. The van der Waals surface area contributed by atoms with Crippen molar-refractivity contribution in [2.24, 2.45) is 0 Å². The van der Waals surface area contributed by atoms with Gasteiger partial charge in [-0.05, 0) is 59.1 Å². The minimum atomic E-state index is -0.503. The summed E-state index contributed by atoms with van der Waals surface area (Å²) in [6.07, 6.45) is 0. The Labute approximate surface area is 159 Å². The van der Waals surface area contributed by atoms with Crippen LogP contribution in [-0.4, -0.2) is 42.8 Å². The quantitative estimate of drug-likeness (QED) is 0.749.